The average Bonchev–Trinajstić information content (AvgIpc) is 3.11. The number of ether oxygens (including phenoxy) is 2. The van der Waals surface area contributed by atoms with Crippen LogP contribution in [0.4, 0.5) is 0 Å². The molecular weight excluding hydrogens is 440 g/mol. The Morgan fingerprint density at radius 2 is 1.74 bits per heavy atom. The van der Waals surface area contributed by atoms with Crippen molar-refractivity contribution in [1.82, 2.24) is 0 Å². The van der Waals surface area contributed by atoms with Gasteiger partial charge in [-0.15, -0.1) is 0 Å². The molecule has 1 unspecified atom stereocenters. The van der Waals surface area contributed by atoms with Crippen LogP contribution in [0.15, 0.2) is 35.9 Å². The van der Waals surface area contributed by atoms with Crippen LogP contribution < -0.4 is 4.74 Å². The molecule has 3 fully saturated rings. The van der Waals surface area contributed by atoms with Gasteiger partial charge >= 0.3 is 0 Å². The van der Waals surface area contributed by atoms with Crippen LogP contribution in [-0.4, -0.2) is 34.0 Å². The fourth-order valence-corrected chi connectivity index (χ4v) is 8.40. The summed E-state index contributed by atoms with van der Waals surface area (Å²) in [5.41, 5.74) is 0.921. The number of aliphatic hydroxyl groups is 2. The highest BCUT2D eigenvalue weighted by Gasteiger charge is 2.65. The Hall–Kier alpha value is -1.69. The summed E-state index contributed by atoms with van der Waals surface area (Å²) in [6.45, 7) is 9.10. The molecule has 5 heteroatoms. The molecule has 4 aliphatic rings. The van der Waals surface area contributed by atoms with Crippen LogP contribution in [0.5, 0.6) is 5.75 Å². The highest BCUT2D eigenvalue weighted by molar-refractivity contribution is 5.86. The molecule has 0 radical (unpaired) electrons. The zero-order valence-corrected chi connectivity index (χ0v) is 21.8. The first kappa shape index (κ1) is 25.0. The lowest BCUT2D eigenvalue weighted by Gasteiger charge is -2.59. The van der Waals surface area contributed by atoms with Crippen LogP contribution in [0.3, 0.4) is 0 Å². The maximum atomic E-state index is 12.5. The molecular formula is C30H42O5. The van der Waals surface area contributed by atoms with E-state index in [0.717, 1.165) is 43.4 Å². The Kier molecular flexibility index (Phi) is 6.22. The summed E-state index contributed by atoms with van der Waals surface area (Å²) in [7, 11) is 0. The van der Waals surface area contributed by atoms with Crippen molar-refractivity contribution in [3.05, 3.63) is 41.5 Å². The van der Waals surface area contributed by atoms with Crippen molar-refractivity contribution < 1.29 is 24.5 Å². The third-order valence-electron chi connectivity index (χ3n) is 10.6. The summed E-state index contributed by atoms with van der Waals surface area (Å²) in [5, 5.41) is 22.7. The molecule has 3 saturated carbocycles. The van der Waals surface area contributed by atoms with Gasteiger partial charge in [0.1, 0.15) is 11.4 Å². The molecule has 0 bridgehead atoms. The Morgan fingerprint density at radius 1 is 1.03 bits per heavy atom. The maximum Gasteiger partial charge on any atom is 0.169 e. The van der Waals surface area contributed by atoms with E-state index in [1.54, 1.807) is 6.92 Å². The molecule has 192 valence electrons. The summed E-state index contributed by atoms with van der Waals surface area (Å²) >= 11 is 0. The fourth-order valence-electron chi connectivity index (χ4n) is 8.40. The molecule has 0 spiro atoms. The van der Waals surface area contributed by atoms with E-state index in [-0.39, 0.29) is 16.6 Å². The van der Waals surface area contributed by atoms with Crippen LogP contribution in [0.1, 0.15) is 84.6 Å². The number of carbonyl (C=O) groups excluding carboxylic acids is 1. The standard InChI is InChI=1S/C30H42O5/c1-5-34-23-9-6-21(7-10-23)19-35-29(32)17-16-27(3)22(18-29)8-11-24-25(27)12-14-28(4)26(24)13-15-30(28,33)20(2)31/h6-10,24-26,32-33H,5,11-19H2,1-4H3/t24-,25+,26+,27+,28+,29?,30+/m1/s1. The highest BCUT2D eigenvalue weighted by atomic mass is 16.6. The van der Waals surface area contributed by atoms with Crippen molar-refractivity contribution in [2.45, 2.75) is 97.1 Å². The lowest BCUT2D eigenvalue weighted by Crippen LogP contribution is -2.57. The van der Waals surface area contributed by atoms with Crippen LogP contribution in [0, 0.1) is 28.6 Å². The Balaban J connectivity index is 1.30. The first-order chi connectivity index (χ1) is 16.5. The number of carbonyl (C=O) groups is 1. The van der Waals surface area contributed by atoms with E-state index >= 15 is 0 Å². The third-order valence-corrected chi connectivity index (χ3v) is 10.6. The predicted octanol–water partition coefficient (Wildman–Crippen LogP) is 5.57. The van der Waals surface area contributed by atoms with Gasteiger partial charge in [-0.05, 0) is 93.2 Å². The van der Waals surface area contributed by atoms with Crippen molar-refractivity contribution in [3.63, 3.8) is 0 Å². The lowest BCUT2D eigenvalue weighted by atomic mass is 9.46. The number of ketones is 1. The predicted molar refractivity (Wildman–Crippen MR) is 135 cm³/mol. The third kappa shape index (κ3) is 3.89. The Bertz CT molecular complexity index is 1000. The summed E-state index contributed by atoms with van der Waals surface area (Å²) < 4.78 is 11.6. The van der Waals surface area contributed by atoms with Crippen molar-refractivity contribution in [2.24, 2.45) is 28.6 Å². The molecule has 4 aliphatic carbocycles. The largest absolute Gasteiger partial charge is 0.494 e. The van der Waals surface area contributed by atoms with Crippen molar-refractivity contribution >= 4 is 5.78 Å². The molecule has 1 aromatic rings. The molecule has 35 heavy (non-hydrogen) atoms. The summed E-state index contributed by atoms with van der Waals surface area (Å²) in [6, 6.07) is 7.88. The first-order valence-electron chi connectivity index (χ1n) is 13.6. The smallest absolute Gasteiger partial charge is 0.169 e. The van der Waals surface area contributed by atoms with E-state index in [1.165, 1.54) is 5.57 Å². The SMILES string of the molecule is CCOc1ccc(COC2(O)CC[C@@]3(C)C(=CC[C@@H]4[C@@H]3CC[C@@]3(C)[C@H]4CC[C@]3(O)C(C)=O)C2)cc1. The highest BCUT2D eigenvalue weighted by Crippen LogP contribution is 2.67. The van der Waals surface area contributed by atoms with Gasteiger partial charge in [0.05, 0.1) is 13.2 Å². The summed E-state index contributed by atoms with van der Waals surface area (Å²) in [4.78, 5) is 12.5. The van der Waals surface area contributed by atoms with E-state index in [9.17, 15) is 15.0 Å². The zero-order valence-electron chi connectivity index (χ0n) is 21.8. The normalized spacial score (nSPS) is 42.5. The van der Waals surface area contributed by atoms with Crippen LogP contribution >= 0.6 is 0 Å². The fraction of sp³-hybridized carbons (Fsp3) is 0.700. The molecule has 5 nitrogen and oxygen atoms in total. The van der Waals surface area contributed by atoms with Crippen molar-refractivity contribution in [2.75, 3.05) is 6.61 Å². The number of rotatable bonds is 6. The van der Waals surface area contributed by atoms with Gasteiger partial charge in [-0.1, -0.05) is 37.6 Å². The van der Waals surface area contributed by atoms with Gasteiger partial charge in [0.2, 0.25) is 0 Å². The van der Waals surface area contributed by atoms with Gasteiger partial charge < -0.3 is 19.7 Å². The van der Waals surface area contributed by atoms with E-state index < -0.39 is 11.4 Å². The van der Waals surface area contributed by atoms with Gasteiger partial charge in [0.25, 0.3) is 0 Å². The number of fused-ring (bicyclic) bond motifs is 5. The molecule has 0 saturated heterocycles. The monoisotopic (exact) mass is 482 g/mol. The topological polar surface area (TPSA) is 76.0 Å². The molecule has 0 heterocycles. The summed E-state index contributed by atoms with van der Waals surface area (Å²) in [5.74, 6) is 1.05. The minimum Gasteiger partial charge on any atom is -0.494 e. The minimum atomic E-state index is -1.17. The Labute approximate surface area is 209 Å². The van der Waals surface area contributed by atoms with Gasteiger partial charge in [0, 0.05) is 18.3 Å². The van der Waals surface area contributed by atoms with E-state index in [2.05, 4.69) is 19.9 Å². The second kappa shape index (κ2) is 8.71. The average molecular weight is 483 g/mol. The molecule has 7 atom stereocenters. The molecule has 0 aromatic heterocycles. The quantitative estimate of drug-likeness (QED) is 0.409. The number of hydrogen-bond acceptors (Lipinski definition) is 5. The van der Waals surface area contributed by atoms with Gasteiger partial charge in [-0.3, -0.25) is 4.79 Å². The van der Waals surface area contributed by atoms with Crippen LogP contribution in [0.25, 0.3) is 0 Å². The Morgan fingerprint density at radius 3 is 2.43 bits per heavy atom. The molecule has 5 rings (SSSR count). The second-order valence-electron chi connectivity index (χ2n) is 12.2. The van der Waals surface area contributed by atoms with E-state index in [1.807, 2.05) is 31.2 Å². The van der Waals surface area contributed by atoms with E-state index in [4.69, 9.17) is 9.47 Å². The van der Waals surface area contributed by atoms with Crippen molar-refractivity contribution in [3.8, 4) is 5.75 Å². The summed E-state index contributed by atoms with van der Waals surface area (Å²) in [6.07, 6.45) is 8.88. The minimum absolute atomic E-state index is 0.0515. The molecule has 0 aliphatic heterocycles. The van der Waals surface area contributed by atoms with Gasteiger partial charge in [-0.2, -0.15) is 0 Å². The number of Topliss-reactive ketones (excluding diaryl/α,β-unsaturated/α-hetero) is 1. The molecule has 2 N–H and O–H groups in total. The lowest BCUT2D eigenvalue weighted by molar-refractivity contribution is -0.232. The number of allylic oxidation sites excluding steroid dienone is 1. The van der Waals surface area contributed by atoms with Gasteiger partial charge in [0.15, 0.2) is 11.6 Å². The molecule has 1 aromatic carbocycles. The van der Waals surface area contributed by atoms with Crippen LogP contribution in [-0.2, 0) is 16.1 Å². The maximum absolute atomic E-state index is 12.5. The number of benzene rings is 1. The number of hydrogen-bond donors (Lipinski definition) is 2. The van der Waals surface area contributed by atoms with E-state index in [0.29, 0.717) is 50.2 Å². The van der Waals surface area contributed by atoms with Crippen molar-refractivity contribution in [1.29, 1.82) is 0 Å². The second-order valence-corrected chi connectivity index (χ2v) is 12.2. The first-order valence-corrected chi connectivity index (χ1v) is 13.6. The zero-order chi connectivity index (χ0) is 25.1. The molecule has 0 amide bonds. The van der Waals surface area contributed by atoms with Crippen LogP contribution in [0.2, 0.25) is 0 Å². The van der Waals surface area contributed by atoms with Gasteiger partial charge in [-0.25, -0.2) is 0 Å².